The highest BCUT2D eigenvalue weighted by molar-refractivity contribution is 7.86. The molecule has 1 fully saturated rings. The number of likely N-dealkylation sites (tertiary alicyclic amines) is 1. The van der Waals surface area contributed by atoms with Crippen LogP contribution in [-0.4, -0.2) is 54.7 Å². The molecule has 0 spiro atoms. The van der Waals surface area contributed by atoms with Gasteiger partial charge in [-0.3, -0.25) is 8.98 Å². The van der Waals surface area contributed by atoms with Crippen molar-refractivity contribution in [3.05, 3.63) is 29.8 Å². The molecule has 2 rings (SSSR count). The quantitative estimate of drug-likeness (QED) is 0.568. The van der Waals surface area contributed by atoms with Gasteiger partial charge in [-0.2, -0.15) is 13.2 Å². The van der Waals surface area contributed by atoms with E-state index in [1.165, 1.54) is 12.1 Å². The third kappa shape index (κ3) is 4.84. The highest BCUT2D eigenvalue weighted by Crippen LogP contribution is 2.40. The van der Waals surface area contributed by atoms with E-state index >= 15 is 0 Å². The van der Waals surface area contributed by atoms with Crippen LogP contribution < -0.4 is 5.73 Å². The van der Waals surface area contributed by atoms with E-state index in [0.29, 0.717) is 0 Å². The molecule has 0 radical (unpaired) electrons. The zero-order valence-electron chi connectivity index (χ0n) is 18.8. The van der Waals surface area contributed by atoms with Crippen LogP contribution in [0.4, 0.5) is 4.79 Å². The van der Waals surface area contributed by atoms with Gasteiger partial charge < -0.3 is 10.5 Å². The van der Waals surface area contributed by atoms with Crippen LogP contribution in [-0.2, 0) is 23.8 Å². The standard InChI is InChI=1S/C21H32N2O6S/c1-14-8-10-16(11-9-14)30(26,27)29-15-12-17(18(22)24)23(13-15,20(2,3)4)19(25)28-21(5,6)7/h8-11,15,17H,12-13H2,1-7H3,(H-,22,24)/p+1/t15-,17+,23?/m1/s1. The fourth-order valence-corrected chi connectivity index (χ4v) is 4.93. The number of nitrogens with two attached hydrogens (primary N) is 1. The summed E-state index contributed by atoms with van der Waals surface area (Å²) in [6.07, 6.45) is -1.53. The van der Waals surface area contributed by atoms with Gasteiger partial charge in [0.05, 0.1) is 4.90 Å². The monoisotopic (exact) mass is 441 g/mol. The van der Waals surface area contributed by atoms with Crippen LogP contribution in [0.5, 0.6) is 0 Å². The topological polar surface area (TPSA) is 113 Å². The Hall–Kier alpha value is -1.97. The maximum absolute atomic E-state index is 13.3. The van der Waals surface area contributed by atoms with Gasteiger partial charge in [0.15, 0.2) is 6.04 Å². The Bertz CT molecular complexity index is 912. The summed E-state index contributed by atoms with van der Waals surface area (Å²) < 4.78 is 36.2. The number of carbonyl (C=O) groups excluding carboxylic acids is 2. The van der Waals surface area contributed by atoms with E-state index in [9.17, 15) is 18.0 Å². The number of ether oxygens (including phenoxy) is 1. The molecule has 2 N–H and O–H groups in total. The molecule has 1 aromatic carbocycles. The maximum atomic E-state index is 13.3. The third-order valence-corrected chi connectivity index (χ3v) is 6.70. The minimum atomic E-state index is -4.08. The number of hydrogen-bond acceptors (Lipinski definition) is 6. The lowest BCUT2D eigenvalue weighted by Crippen LogP contribution is -2.69. The normalized spacial score (nSPS) is 25.2. The van der Waals surface area contributed by atoms with Gasteiger partial charge in [-0.15, -0.1) is 0 Å². The van der Waals surface area contributed by atoms with Crippen LogP contribution >= 0.6 is 0 Å². The lowest BCUT2D eigenvalue weighted by molar-refractivity contribution is -0.908. The molecule has 2 amide bonds. The molecule has 8 nitrogen and oxygen atoms in total. The fourth-order valence-electron chi connectivity index (χ4n) is 3.86. The van der Waals surface area contributed by atoms with Crippen molar-refractivity contribution in [2.45, 2.75) is 83.1 Å². The number of aryl methyl sites for hydroxylation is 1. The summed E-state index contributed by atoms with van der Waals surface area (Å²) in [4.78, 5) is 25.7. The SMILES string of the molecule is Cc1ccc(S(=O)(=O)O[C@@H]2C[C@@H](C(N)=O)[N+](C(=O)OC(C)(C)C)(C(C)(C)C)C2)cc1. The fraction of sp³-hybridized carbons (Fsp3) is 0.619. The number of quaternary nitrogens is 1. The van der Waals surface area contributed by atoms with Crippen LogP contribution in [0, 0.1) is 6.92 Å². The van der Waals surface area contributed by atoms with Crippen molar-refractivity contribution in [2.24, 2.45) is 5.73 Å². The average molecular weight is 442 g/mol. The second kappa shape index (κ2) is 7.94. The minimum Gasteiger partial charge on any atom is -0.414 e. The average Bonchev–Trinajstić information content (AvgIpc) is 2.93. The van der Waals surface area contributed by atoms with Crippen LogP contribution in [0.1, 0.15) is 53.5 Å². The summed E-state index contributed by atoms with van der Waals surface area (Å²) in [5.74, 6) is -0.699. The first kappa shape index (κ1) is 24.3. The molecule has 1 aromatic rings. The molecule has 1 unspecified atom stereocenters. The molecule has 3 atom stereocenters. The molecule has 0 aromatic heterocycles. The van der Waals surface area contributed by atoms with Gasteiger partial charge in [0.1, 0.15) is 23.8 Å². The summed E-state index contributed by atoms with van der Waals surface area (Å²) in [5.41, 5.74) is 5.00. The Labute approximate surface area is 179 Å². The van der Waals surface area contributed by atoms with Crippen LogP contribution in [0.3, 0.4) is 0 Å². The first-order valence-corrected chi connectivity index (χ1v) is 11.3. The Morgan fingerprint density at radius 2 is 1.60 bits per heavy atom. The van der Waals surface area contributed by atoms with Crippen molar-refractivity contribution >= 4 is 22.1 Å². The number of rotatable bonds is 4. The predicted molar refractivity (Wildman–Crippen MR) is 112 cm³/mol. The van der Waals surface area contributed by atoms with E-state index in [4.69, 9.17) is 14.7 Å². The lowest BCUT2D eigenvalue weighted by Gasteiger charge is -2.45. The van der Waals surface area contributed by atoms with Gasteiger partial charge in [0, 0.05) is 6.42 Å². The minimum absolute atomic E-state index is 0.00304. The van der Waals surface area contributed by atoms with Crippen molar-refractivity contribution in [1.29, 1.82) is 0 Å². The van der Waals surface area contributed by atoms with Gasteiger partial charge in [0.25, 0.3) is 16.0 Å². The summed E-state index contributed by atoms with van der Waals surface area (Å²) in [5, 5.41) is 0. The Balaban J connectivity index is 2.43. The Morgan fingerprint density at radius 1 is 1.07 bits per heavy atom. The molecule has 0 aliphatic carbocycles. The van der Waals surface area contributed by atoms with Crippen molar-refractivity contribution < 1.29 is 31.4 Å². The first-order valence-electron chi connectivity index (χ1n) is 9.90. The molecule has 0 saturated carbocycles. The third-order valence-electron chi connectivity index (χ3n) is 5.33. The molecule has 1 aliphatic rings. The molecule has 0 bridgehead atoms. The summed E-state index contributed by atoms with van der Waals surface area (Å²) in [7, 11) is -4.08. The molecular formula is C21H33N2O6S+. The van der Waals surface area contributed by atoms with Crippen molar-refractivity contribution in [3.8, 4) is 0 Å². The van der Waals surface area contributed by atoms with Crippen molar-refractivity contribution in [1.82, 2.24) is 0 Å². The number of benzene rings is 1. The van der Waals surface area contributed by atoms with Crippen LogP contribution in [0.25, 0.3) is 0 Å². The molecule has 9 heteroatoms. The number of primary amides is 1. The maximum Gasteiger partial charge on any atom is 0.517 e. The highest BCUT2D eigenvalue weighted by atomic mass is 32.2. The van der Waals surface area contributed by atoms with Crippen LogP contribution in [0.15, 0.2) is 29.2 Å². The second-order valence-corrected chi connectivity index (χ2v) is 11.4. The van der Waals surface area contributed by atoms with E-state index in [-0.39, 0.29) is 17.9 Å². The number of carbonyl (C=O) groups is 2. The molecule has 1 saturated heterocycles. The lowest BCUT2D eigenvalue weighted by atomic mass is 9.99. The summed E-state index contributed by atoms with van der Waals surface area (Å²) in [6.45, 7) is 12.4. The van der Waals surface area contributed by atoms with Crippen molar-refractivity contribution in [3.63, 3.8) is 0 Å². The number of nitrogens with zero attached hydrogens (tertiary/aromatic N) is 1. The van der Waals surface area contributed by atoms with E-state index < -0.39 is 49.9 Å². The first-order chi connectivity index (χ1) is 13.5. The largest absolute Gasteiger partial charge is 0.517 e. The molecule has 168 valence electrons. The van der Waals surface area contributed by atoms with E-state index in [0.717, 1.165) is 5.56 Å². The predicted octanol–water partition coefficient (Wildman–Crippen LogP) is 2.88. The summed E-state index contributed by atoms with van der Waals surface area (Å²) in [6, 6.07) is 5.30. The second-order valence-electron chi connectivity index (χ2n) is 9.84. The molecule has 1 heterocycles. The zero-order chi connectivity index (χ0) is 23.1. The van der Waals surface area contributed by atoms with Gasteiger partial charge in [-0.05, 0) is 60.6 Å². The molecule has 1 aliphatic heterocycles. The molecular weight excluding hydrogens is 408 g/mol. The van der Waals surface area contributed by atoms with Gasteiger partial charge >= 0.3 is 6.09 Å². The Kier molecular flexibility index (Phi) is 6.43. The molecule has 30 heavy (non-hydrogen) atoms. The zero-order valence-corrected chi connectivity index (χ0v) is 19.6. The van der Waals surface area contributed by atoms with Gasteiger partial charge in [0.2, 0.25) is 0 Å². The summed E-state index contributed by atoms with van der Waals surface area (Å²) >= 11 is 0. The smallest absolute Gasteiger partial charge is 0.414 e. The van der Waals surface area contributed by atoms with Gasteiger partial charge in [-0.1, -0.05) is 17.7 Å². The van der Waals surface area contributed by atoms with Crippen molar-refractivity contribution in [2.75, 3.05) is 6.54 Å². The number of amides is 2. The van der Waals surface area contributed by atoms with Crippen LogP contribution in [0.2, 0.25) is 0 Å². The van der Waals surface area contributed by atoms with E-state index in [1.54, 1.807) is 53.7 Å². The van der Waals surface area contributed by atoms with E-state index in [1.807, 2.05) is 6.92 Å². The van der Waals surface area contributed by atoms with E-state index in [2.05, 4.69) is 0 Å². The number of hydrogen-bond donors (Lipinski definition) is 1. The Morgan fingerprint density at radius 3 is 2.03 bits per heavy atom. The highest BCUT2D eigenvalue weighted by Gasteiger charge is 2.63. The van der Waals surface area contributed by atoms with Gasteiger partial charge in [-0.25, -0.2) is 4.48 Å².